The summed E-state index contributed by atoms with van der Waals surface area (Å²) in [5.74, 6) is 1.01. The van der Waals surface area contributed by atoms with Gasteiger partial charge in [-0.2, -0.15) is 0 Å². The number of thiophene rings is 1. The maximum atomic E-state index is 5.67. The van der Waals surface area contributed by atoms with Gasteiger partial charge in [0.1, 0.15) is 11.4 Å². The Balaban J connectivity index is 0.000000136. The van der Waals surface area contributed by atoms with E-state index in [9.17, 15) is 0 Å². The van der Waals surface area contributed by atoms with Gasteiger partial charge in [0.15, 0.2) is 5.58 Å². The van der Waals surface area contributed by atoms with Gasteiger partial charge < -0.3 is 8.82 Å². The molecule has 39 heavy (non-hydrogen) atoms. The van der Waals surface area contributed by atoms with E-state index in [0.29, 0.717) is 0 Å². The van der Waals surface area contributed by atoms with Crippen LogP contribution in [0.5, 0.6) is 0 Å². The monoisotopic (exact) mass is 540 g/mol. The zero-order valence-electron chi connectivity index (χ0n) is 24.6. The number of fused-ring (bicyclic) bond motifs is 3. The molecule has 0 aliphatic heterocycles. The molecule has 0 atom stereocenters. The summed E-state index contributed by atoms with van der Waals surface area (Å²) >= 11 is 1.84. The first-order valence-electron chi connectivity index (χ1n) is 13.3. The molecule has 0 saturated carbocycles. The standard InChI is InChI=1S/C11H14N2.C11H13NO.C11H13NS/c1-11(2,3)9-4-5-10-12-6-7-13(10)8-9;2*1-11(2,3)10-6-8-4-5-12-7-9(8)13-10/h4-8H,1-3H3;2*4-7H,1-3H3. The molecule has 0 bridgehead atoms. The highest BCUT2D eigenvalue weighted by Crippen LogP contribution is 2.33. The number of nitrogens with zero attached hydrogens (tertiary/aromatic N) is 4. The lowest BCUT2D eigenvalue weighted by Crippen LogP contribution is -2.11. The SMILES string of the molecule is CC(C)(C)c1cc2ccncc2o1.CC(C)(C)c1cc2ccncc2s1.CC(C)(C)c1ccc2nccn2c1. The first kappa shape index (κ1) is 28.5. The molecule has 0 fully saturated rings. The van der Waals surface area contributed by atoms with E-state index in [1.165, 1.54) is 20.5 Å². The molecule has 0 N–H and O–H groups in total. The lowest BCUT2D eigenvalue weighted by Gasteiger charge is -2.18. The Labute approximate surface area is 236 Å². The van der Waals surface area contributed by atoms with E-state index in [-0.39, 0.29) is 16.2 Å². The fourth-order valence-corrected chi connectivity index (χ4v) is 4.96. The van der Waals surface area contributed by atoms with Crippen molar-refractivity contribution >= 4 is 38.0 Å². The van der Waals surface area contributed by atoms with E-state index in [4.69, 9.17) is 4.42 Å². The normalized spacial score (nSPS) is 12.2. The second kappa shape index (κ2) is 10.9. The number of imidazole rings is 1. The topological polar surface area (TPSA) is 56.2 Å². The third-order valence-electron chi connectivity index (χ3n) is 6.38. The summed E-state index contributed by atoms with van der Waals surface area (Å²) in [5, 5.41) is 2.44. The summed E-state index contributed by atoms with van der Waals surface area (Å²) < 4.78 is 9.01. The highest BCUT2D eigenvalue weighted by Gasteiger charge is 2.19. The average Bonchev–Trinajstić information content (AvgIpc) is 3.60. The van der Waals surface area contributed by atoms with Crippen LogP contribution in [-0.2, 0) is 16.2 Å². The van der Waals surface area contributed by atoms with Crippen LogP contribution in [0.3, 0.4) is 0 Å². The van der Waals surface area contributed by atoms with Crippen molar-refractivity contribution in [3.8, 4) is 0 Å². The second-order valence-electron chi connectivity index (χ2n) is 12.9. The maximum absolute atomic E-state index is 5.67. The average molecular weight is 541 g/mol. The molecule has 0 aliphatic rings. The van der Waals surface area contributed by atoms with Gasteiger partial charge in [-0.05, 0) is 52.1 Å². The molecule has 0 aliphatic carbocycles. The molecule has 0 radical (unpaired) electrons. The van der Waals surface area contributed by atoms with Crippen LogP contribution in [0, 0.1) is 0 Å². The van der Waals surface area contributed by atoms with Crippen LogP contribution in [0.25, 0.3) is 26.7 Å². The summed E-state index contributed by atoms with van der Waals surface area (Å²) in [6.07, 6.45) is 13.3. The largest absolute Gasteiger partial charge is 0.459 e. The fourth-order valence-electron chi connectivity index (χ4n) is 3.87. The van der Waals surface area contributed by atoms with Crippen LogP contribution in [-0.4, -0.2) is 19.4 Å². The van der Waals surface area contributed by atoms with Crippen LogP contribution in [0.1, 0.15) is 78.5 Å². The van der Waals surface area contributed by atoms with Gasteiger partial charge in [-0.1, -0.05) is 68.4 Å². The first-order chi connectivity index (χ1) is 18.2. The minimum Gasteiger partial charge on any atom is -0.459 e. The van der Waals surface area contributed by atoms with E-state index in [1.54, 1.807) is 12.4 Å². The van der Waals surface area contributed by atoms with Crippen LogP contribution in [0.2, 0.25) is 0 Å². The lowest BCUT2D eigenvalue weighted by molar-refractivity contribution is 0.430. The minimum atomic E-state index is 0.0685. The maximum Gasteiger partial charge on any atom is 0.152 e. The van der Waals surface area contributed by atoms with Crippen molar-refractivity contribution in [3.05, 3.63) is 96.0 Å². The van der Waals surface area contributed by atoms with Gasteiger partial charge in [0.05, 0.1) is 10.9 Å². The van der Waals surface area contributed by atoms with E-state index >= 15 is 0 Å². The number of hydrogen-bond acceptors (Lipinski definition) is 5. The number of hydrogen-bond donors (Lipinski definition) is 0. The zero-order valence-corrected chi connectivity index (χ0v) is 25.4. The van der Waals surface area contributed by atoms with Gasteiger partial charge in [0.2, 0.25) is 0 Å². The van der Waals surface area contributed by atoms with Crippen LogP contribution >= 0.6 is 11.3 Å². The number of furan rings is 1. The van der Waals surface area contributed by atoms with Gasteiger partial charge in [-0.15, -0.1) is 11.3 Å². The molecule has 6 rings (SSSR count). The number of rotatable bonds is 0. The third kappa shape index (κ3) is 7.12. The van der Waals surface area contributed by atoms with Crippen LogP contribution < -0.4 is 0 Å². The summed E-state index contributed by atoms with van der Waals surface area (Å²) in [7, 11) is 0. The molecule has 6 aromatic rings. The Morgan fingerprint density at radius 3 is 2.03 bits per heavy atom. The minimum absolute atomic E-state index is 0.0685. The van der Waals surface area contributed by atoms with Crippen molar-refractivity contribution < 1.29 is 4.42 Å². The molecule has 0 spiro atoms. The van der Waals surface area contributed by atoms with Gasteiger partial charge in [-0.3, -0.25) is 9.97 Å². The van der Waals surface area contributed by atoms with Gasteiger partial charge in [0.25, 0.3) is 0 Å². The number of pyridine rings is 3. The summed E-state index contributed by atoms with van der Waals surface area (Å²) in [5.41, 5.74) is 3.74. The second-order valence-corrected chi connectivity index (χ2v) is 14.0. The van der Waals surface area contributed by atoms with E-state index in [1.807, 2.05) is 42.2 Å². The van der Waals surface area contributed by atoms with Crippen molar-refractivity contribution in [1.82, 2.24) is 19.4 Å². The third-order valence-corrected chi connectivity index (χ3v) is 7.89. The fraction of sp³-hybridized carbons (Fsp3) is 0.364. The van der Waals surface area contributed by atoms with Crippen molar-refractivity contribution in [3.63, 3.8) is 0 Å². The molecule has 0 amide bonds. The molecule has 6 heterocycles. The highest BCUT2D eigenvalue weighted by molar-refractivity contribution is 7.19. The van der Waals surface area contributed by atoms with Crippen molar-refractivity contribution in [2.24, 2.45) is 0 Å². The molecular weight excluding hydrogens is 500 g/mol. The van der Waals surface area contributed by atoms with Crippen LogP contribution in [0.4, 0.5) is 0 Å². The number of aromatic nitrogens is 4. The molecule has 6 heteroatoms. The molecule has 204 valence electrons. The Morgan fingerprint density at radius 1 is 0.718 bits per heavy atom. The smallest absolute Gasteiger partial charge is 0.152 e. The summed E-state index contributed by atoms with van der Waals surface area (Å²) in [6, 6.07) is 12.6. The first-order valence-corrected chi connectivity index (χ1v) is 14.1. The quantitative estimate of drug-likeness (QED) is 0.193. The van der Waals surface area contributed by atoms with Crippen molar-refractivity contribution in [2.45, 2.75) is 78.6 Å². The predicted octanol–water partition coefficient (Wildman–Crippen LogP) is 9.35. The van der Waals surface area contributed by atoms with Gasteiger partial charge >= 0.3 is 0 Å². The van der Waals surface area contributed by atoms with Gasteiger partial charge in [0, 0.05) is 52.9 Å². The van der Waals surface area contributed by atoms with Crippen molar-refractivity contribution in [2.75, 3.05) is 0 Å². The Kier molecular flexibility index (Phi) is 7.99. The van der Waals surface area contributed by atoms with Crippen molar-refractivity contribution in [1.29, 1.82) is 0 Å². The molecule has 6 aromatic heterocycles. The predicted molar refractivity (Wildman–Crippen MR) is 165 cm³/mol. The molecular formula is C33H40N4OS. The molecule has 0 aromatic carbocycles. The Morgan fingerprint density at radius 2 is 1.41 bits per heavy atom. The molecule has 5 nitrogen and oxygen atoms in total. The zero-order chi connectivity index (χ0) is 28.4. The van der Waals surface area contributed by atoms with Crippen LogP contribution in [0.15, 0.2) is 84.2 Å². The molecule has 0 saturated heterocycles. The summed E-state index contributed by atoms with van der Waals surface area (Å²) in [4.78, 5) is 13.8. The van der Waals surface area contributed by atoms with E-state index < -0.39 is 0 Å². The lowest BCUT2D eigenvalue weighted by atomic mass is 9.88. The van der Waals surface area contributed by atoms with Gasteiger partial charge in [-0.25, -0.2) is 4.98 Å². The van der Waals surface area contributed by atoms with E-state index in [2.05, 4.69) is 118 Å². The highest BCUT2D eigenvalue weighted by atomic mass is 32.1. The Hall–Kier alpha value is -3.51. The summed E-state index contributed by atoms with van der Waals surface area (Å²) in [6.45, 7) is 19.8. The Bertz CT molecular complexity index is 1500. The van der Waals surface area contributed by atoms with E-state index in [0.717, 1.165) is 22.4 Å². The molecule has 0 unspecified atom stereocenters.